The molecule has 1 aliphatic carbocycles. The maximum Gasteiger partial charge on any atom is 0.141 e. The number of pyridine rings is 1. The number of methoxy groups -OCH3 is 1. The zero-order valence-electron chi connectivity index (χ0n) is 12.9. The first-order chi connectivity index (χ1) is 9.85. The molecule has 1 aromatic heterocycles. The van der Waals surface area contributed by atoms with Gasteiger partial charge in [-0.25, -0.2) is 0 Å². The molecular weight excluding hydrogens is 248 g/mol. The van der Waals surface area contributed by atoms with E-state index >= 15 is 0 Å². The molecule has 3 nitrogen and oxygen atoms in total. The first-order valence-electron chi connectivity index (χ1n) is 8.07. The van der Waals surface area contributed by atoms with Crippen molar-refractivity contribution in [1.82, 2.24) is 10.3 Å². The van der Waals surface area contributed by atoms with Crippen molar-refractivity contribution in [2.24, 2.45) is 5.92 Å². The van der Waals surface area contributed by atoms with Crippen molar-refractivity contribution in [3.05, 3.63) is 24.0 Å². The van der Waals surface area contributed by atoms with E-state index in [4.69, 9.17) is 4.74 Å². The summed E-state index contributed by atoms with van der Waals surface area (Å²) in [5, 5.41) is 3.67. The highest BCUT2D eigenvalue weighted by Gasteiger charge is 2.22. The second-order valence-electron chi connectivity index (χ2n) is 5.84. The van der Waals surface area contributed by atoms with Crippen molar-refractivity contribution in [3.63, 3.8) is 0 Å². The molecule has 1 N–H and O–H groups in total. The number of rotatable bonds is 7. The highest BCUT2D eigenvalue weighted by Crippen LogP contribution is 2.33. The Bertz CT molecular complexity index is 388. The van der Waals surface area contributed by atoms with Crippen LogP contribution in [0.25, 0.3) is 0 Å². The summed E-state index contributed by atoms with van der Waals surface area (Å²) in [4.78, 5) is 4.58. The van der Waals surface area contributed by atoms with Crippen LogP contribution in [0, 0.1) is 5.92 Å². The Hall–Kier alpha value is -1.09. The minimum absolute atomic E-state index is 0.328. The molecule has 0 aromatic carbocycles. The molecule has 1 fully saturated rings. The molecule has 0 bridgehead atoms. The lowest BCUT2D eigenvalue weighted by molar-refractivity contribution is 0.292. The van der Waals surface area contributed by atoms with Gasteiger partial charge < -0.3 is 10.1 Å². The maximum atomic E-state index is 5.49. The summed E-state index contributed by atoms with van der Waals surface area (Å²) >= 11 is 0. The van der Waals surface area contributed by atoms with Crippen LogP contribution in [-0.2, 0) is 0 Å². The molecule has 1 saturated carbocycles. The Balaban J connectivity index is 2.08. The molecule has 1 aliphatic rings. The van der Waals surface area contributed by atoms with Gasteiger partial charge >= 0.3 is 0 Å². The molecule has 0 saturated heterocycles. The maximum absolute atomic E-state index is 5.49. The van der Waals surface area contributed by atoms with Gasteiger partial charge in [0.25, 0.3) is 0 Å². The summed E-state index contributed by atoms with van der Waals surface area (Å²) in [6.07, 6.45) is 11.2. The average Bonchev–Trinajstić information content (AvgIpc) is 2.52. The van der Waals surface area contributed by atoms with Crippen LogP contribution in [0.15, 0.2) is 18.3 Å². The number of aromatic nitrogens is 1. The molecule has 0 spiro atoms. The molecule has 0 amide bonds. The van der Waals surface area contributed by atoms with Gasteiger partial charge in [0.15, 0.2) is 0 Å². The van der Waals surface area contributed by atoms with Crippen molar-refractivity contribution in [2.75, 3.05) is 13.7 Å². The third-order valence-electron chi connectivity index (χ3n) is 4.28. The number of hydrogen-bond donors (Lipinski definition) is 1. The summed E-state index contributed by atoms with van der Waals surface area (Å²) in [6, 6.07) is 4.29. The number of nitrogens with one attached hydrogen (secondary N) is 1. The molecule has 0 aliphatic heterocycles. The summed E-state index contributed by atoms with van der Waals surface area (Å²) in [6.45, 7) is 3.25. The van der Waals surface area contributed by atoms with Gasteiger partial charge in [-0.3, -0.25) is 4.98 Å². The molecular formula is C17H28N2O. The molecule has 1 aromatic rings. The molecule has 1 atom stereocenters. The predicted molar refractivity (Wildman–Crippen MR) is 83.0 cm³/mol. The van der Waals surface area contributed by atoms with Crippen LogP contribution in [0.3, 0.4) is 0 Å². The minimum atomic E-state index is 0.328. The summed E-state index contributed by atoms with van der Waals surface area (Å²) in [5.41, 5.74) is 1.08. The Labute approximate surface area is 123 Å². The van der Waals surface area contributed by atoms with E-state index in [1.165, 1.54) is 38.5 Å². The zero-order chi connectivity index (χ0) is 14.2. The normalized spacial score (nSPS) is 17.9. The fourth-order valence-corrected chi connectivity index (χ4v) is 3.20. The lowest BCUT2D eigenvalue weighted by Crippen LogP contribution is -2.26. The molecule has 2 rings (SSSR count). The Morgan fingerprint density at radius 2 is 2.15 bits per heavy atom. The SMILES string of the molecule is CCCNC(CC1CCCCC1)c1ncccc1OC. The second-order valence-corrected chi connectivity index (χ2v) is 5.84. The molecule has 20 heavy (non-hydrogen) atoms. The molecule has 3 heteroatoms. The average molecular weight is 276 g/mol. The Morgan fingerprint density at radius 1 is 1.35 bits per heavy atom. The standard InChI is InChI=1S/C17H28N2O/c1-3-11-18-15(13-14-8-5-4-6-9-14)17-16(20-2)10-7-12-19-17/h7,10,12,14-15,18H,3-6,8-9,11,13H2,1-2H3. The summed E-state index contributed by atoms with van der Waals surface area (Å²) < 4.78 is 5.49. The third-order valence-corrected chi connectivity index (χ3v) is 4.28. The van der Waals surface area contributed by atoms with Crippen molar-refractivity contribution in [3.8, 4) is 5.75 Å². The monoisotopic (exact) mass is 276 g/mol. The lowest BCUT2D eigenvalue weighted by Gasteiger charge is -2.27. The van der Waals surface area contributed by atoms with Gasteiger partial charge in [-0.15, -0.1) is 0 Å². The van der Waals surface area contributed by atoms with E-state index in [2.05, 4.69) is 17.2 Å². The van der Waals surface area contributed by atoms with Gasteiger partial charge in [0, 0.05) is 6.20 Å². The number of ether oxygens (including phenoxy) is 1. The van der Waals surface area contributed by atoms with Gasteiger partial charge in [0.1, 0.15) is 5.75 Å². The van der Waals surface area contributed by atoms with E-state index in [1.54, 1.807) is 7.11 Å². The van der Waals surface area contributed by atoms with E-state index in [1.807, 2.05) is 18.3 Å². The van der Waals surface area contributed by atoms with Crippen LogP contribution in [0.2, 0.25) is 0 Å². The minimum Gasteiger partial charge on any atom is -0.495 e. The first kappa shape index (κ1) is 15.3. The van der Waals surface area contributed by atoms with Crippen LogP contribution >= 0.6 is 0 Å². The molecule has 0 radical (unpaired) electrons. The van der Waals surface area contributed by atoms with Crippen LogP contribution in [0.1, 0.15) is 63.6 Å². The van der Waals surface area contributed by atoms with E-state index < -0.39 is 0 Å². The Morgan fingerprint density at radius 3 is 2.85 bits per heavy atom. The van der Waals surface area contributed by atoms with Crippen LogP contribution in [0.5, 0.6) is 5.75 Å². The van der Waals surface area contributed by atoms with E-state index in [-0.39, 0.29) is 0 Å². The third kappa shape index (κ3) is 4.20. The predicted octanol–water partition coefficient (Wildman–Crippen LogP) is 4.10. The van der Waals surface area contributed by atoms with Gasteiger partial charge in [0.05, 0.1) is 18.8 Å². The van der Waals surface area contributed by atoms with Crippen LogP contribution < -0.4 is 10.1 Å². The largest absolute Gasteiger partial charge is 0.495 e. The summed E-state index contributed by atoms with van der Waals surface area (Å²) in [5.74, 6) is 1.75. The summed E-state index contributed by atoms with van der Waals surface area (Å²) in [7, 11) is 1.73. The highest BCUT2D eigenvalue weighted by atomic mass is 16.5. The van der Waals surface area contributed by atoms with E-state index in [0.29, 0.717) is 6.04 Å². The van der Waals surface area contributed by atoms with Crippen LogP contribution in [0.4, 0.5) is 0 Å². The van der Waals surface area contributed by atoms with Crippen molar-refractivity contribution < 1.29 is 4.74 Å². The fourth-order valence-electron chi connectivity index (χ4n) is 3.20. The van der Waals surface area contributed by atoms with Crippen molar-refractivity contribution >= 4 is 0 Å². The quantitative estimate of drug-likeness (QED) is 0.814. The van der Waals surface area contributed by atoms with Crippen molar-refractivity contribution in [1.29, 1.82) is 0 Å². The number of nitrogens with zero attached hydrogens (tertiary/aromatic N) is 1. The van der Waals surface area contributed by atoms with Crippen molar-refractivity contribution in [2.45, 2.75) is 57.9 Å². The van der Waals surface area contributed by atoms with Gasteiger partial charge in [-0.05, 0) is 37.4 Å². The van der Waals surface area contributed by atoms with E-state index in [9.17, 15) is 0 Å². The molecule has 1 heterocycles. The first-order valence-corrected chi connectivity index (χ1v) is 8.07. The topological polar surface area (TPSA) is 34.2 Å². The van der Waals surface area contributed by atoms with Gasteiger partial charge in [-0.2, -0.15) is 0 Å². The number of hydrogen-bond acceptors (Lipinski definition) is 3. The molecule has 1 unspecified atom stereocenters. The second kappa shape index (κ2) is 8.25. The smallest absolute Gasteiger partial charge is 0.141 e. The molecule has 112 valence electrons. The van der Waals surface area contributed by atoms with Gasteiger partial charge in [0.2, 0.25) is 0 Å². The fraction of sp³-hybridized carbons (Fsp3) is 0.706. The van der Waals surface area contributed by atoms with E-state index in [0.717, 1.165) is 30.3 Å². The Kier molecular flexibility index (Phi) is 6.31. The van der Waals surface area contributed by atoms with Gasteiger partial charge in [-0.1, -0.05) is 39.0 Å². The highest BCUT2D eigenvalue weighted by molar-refractivity contribution is 5.29. The zero-order valence-corrected chi connectivity index (χ0v) is 12.9. The van der Waals surface area contributed by atoms with Crippen LogP contribution in [-0.4, -0.2) is 18.6 Å². The lowest BCUT2D eigenvalue weighted by atomic mass is 9.84.